The zero-order valence-electron chi connectivity index (χ0n) is 11.9. The number of benzene rings is 1. The molecule has 0 bridgehead atoms. The number of rotatable bonds is 3. The van der Waals surface area contributed by atoms with Crippen molar-refractivity contribution in [2.45, 2.75) is 32.9 Å². The molecule has 0 radical (unpaired) electrons. The molecule has 2 heterocycles. The average molecular weight is 257 g/mol. The molecule has 1 aliphatic rings. The number of nitrogens with zero attached hydrogens (tertiary/aromatic N) is 1. The van der Waals surface area contributed by atoms with Crippen LogP contribution < -0.4 is 5.32 Å². The predicted molar refractivity (Wildman–Crippen MR) is 80.4 cm³/mol. The summed E-state index contributed by atoms with van der Waals surface area (Å²) < 4.78 is 0. The molecule has 1 atom stereocenters. The van der Waals surface area contributed by atoms with E-state index >= 15 is 0 Å². The highest BCUT2D eigenvalue weighted by molar-refractivity contribution is 5.86. The number of piperazine rings is 1. The van der Waals surface area contributed by atoms with Crippen LogP contribution >= 0.6 is 0 Å². The fourth-order valence-electron chi connectivity index (χ4n) is 3.10. The maximum atomic E-state index is 3.50. The van der Waals surface area contributed by atoms with Crippen molar-refractivity contribution in [2.75, 3.05) is 19.6 Å². The summed E-state index contributed by atoms with van der Waals surface area (Å²) in [5.74, 6) is 0. The number of aryl methyl sites for hydroxylation is 1. The lowest BCUT2D eigenvalue weighted by molar-refractivity contribution is 0.200. The molecular formula is C16H23N3. The van der Waals surface area contributed by atoms with E-state index in [9.17, 15) is 0 Å². The smallest absolute Gasteiger partial charge is 0.0489 e. The van der Waals surface area contributed by atoms with Gasteiger partial charge in [0.2, 0.25) is 0 Å². The number of nitrogens with one attached hydrogen (secondary N) is 2. The molecule has 3 heteroatoms. The lowest BCUT2D eigenvalue weighted by Crippen LogP contribution is -2.48. The Labute approximate surface area is 115 Å². The normalized spacial score (nSPS) is 21.1. The first kappa shape index (κ1) is 12.7. The topological polar surface area (TPSA) is 31.1 Å². The average Bonchev–Trinajstić information content (AvgIpc) is 2.82. The zero-order chi connectivity index (χ0) is 13.2. The molecule has 3 nitrogen and oxygen atoms in total. The van der Waals surface area contributed by atoms with Crippen LogP contribution in [0.4, 0.5) is 0 Å². The van der Waals surface area contributed by atoms with Crippen molar-refractivity contribution in [1.29, 1.82) is 0 Å². The summed E-state index contributed by atoms with van der Waals surface area (Å²) in [6, 6.07) is 7.24. The molecule has 2 N–H and O–H groups in total. The summed E-state index contributed by atoms with van der Waals surface area (Å²) in [5.41, 5.74) is 4.17. The van der Waals surface area contributed by atoms with Gasteiger partial charge in [-0.05, 0) is 24.5 Å². The van der Waals surface area contributed by atoms with Crippen LogP contribution in [0.1, 0.15) is 25.0 Å². The third-order valence-electron chi connectivity index (χ3n) is 4.12. The number of para-hydroxylation sites is 1. The van der Waals surface area contributed by atoms with E-state index in [1.54, 1.807) is 0 Å². The molecule has 2 aromatic rings. The summed E-state index contributed by atoms with van der Waals surface area (Å²) in [4.78, 5) is 6.01. The molecule has 1 unspecified atom stereocenters. The van der Waals surface area contributed by atoms with Crippen molar-refractivity contribution in [1.82, 2.24) is 15.2 Å². The highest BCUT2D eigenvalue weighted by Gasteiger charge is 2.17. The Morgan fingerprint density at radius 3 is 3.00 bits per heavy atom. The van der Waals surface area contributed by atoms with Gasteiger partial charge in [-0.2, -0.15) is 0 Å². The Balaban J connectivity index is 1.85. The van der Waals surface area contributed by atoms with E-state index in [1.165, 1.54) is 22.0 Å². The molecular weight excluding hydrogens is 234 g/mol. The van der Waals surface area contributed by atoms with Crippen molar-refractivity contribution >= 4 is 10.9 Å². The van der Waals surface area contributed by atoms with Gasteiger partial charge in [-0.25, -0.2) is 0 Å². The minimum Gasteiger partial charge on any atom is -0.361 e. The van der Waals surface area contributed by atoms with Crippen molar-refractivity contribution < 1.29 is 0 Å². The minimum atomic E-state index is 0.602. The van der Waals surface area contributed by atoms with Gasteiger partial charge < -0.3 is 10.3 Å². The van der Waals surface area contributed by atoms with Crippen LogP contribution in [0.3, 0.4) is 0 Å². The van der Waals surface area contributed by atoms with Gasteiger partial charge in [-0.15, -0.1) is 0 Å². The van der Waals surface area contributed by atoms with Crippen LogP contribution in [0, 0.1) is 0 Å². The van der Waals surface area contributed by atoms with E-state index in [-0.39, 0.29) is 0 Å². The molecule has 102 valence electrons. The SMILES string of the molecule is CCc1cccc2c(CN3CCNC(C)C3)c[nH]c12. The summed E-state index contributed by atoms with van der Waals surface area (Å²) >= 11 is 0. The number of aromatic amines is 1. The van der Waals surface area contributed by atoms with Crippen LogP contribution in [-0.2, 0) is 13.0 Å². The van der Waals surface area contributed by atoms with Gasteiger partial charge in [0, 0.05) is 49.3 Å². The summed E-state index contributed by atoms with van der Waals surface area (Å²) in [5, 5.41) is 4.89. The Morgan fingerprint density at radius 2 is 2.21 bits per heavy atom. The number of fused-ring (bicyclic) bond motifs is 1. The Morgan fingerprint density at radius 1 is 1.32 bits per heavy atom. The number of hydrogen-bond donors (Lipinski definition) is 2. The molecule has 0 aliphatic carbocycles. The standard InChI is InChI=1S/C16H23N3/c1-3-13-5-4-6-15-14(9-18-16(13)15)11-19-8-7-17-12(2)10-19/h4-6,9,12,17-18H,3,7-8,10-11H2,1-2H3. The fraction of sp³-hybridized carbons (Fsp3) is 0.500. The Hall–Kier alpha value is -1.32. The van der Waals surface area contributed by atoms with Gasteiger partial charge in [-0.1, -0.05) is 25.1 Å². The van der Waals surface area contributed by atoms with Gasteiger partial charge in [0.1, 0.15) is 0 Å². The molecule has 3 rings (SSSR count). The largest absolute Gasteiger partial charge is 0.361 e. The van der Waals surface area contributed by atoms with E-state index < -0.39 is 0 Å². The highest BCUT2D eigenvalue weighted by atomic mass is 15.2. The Kier molecular flexibility index (Phi) is 3.58. The first-order valence-corrected chi connectivity index (χ1v) is 7.31. The fourth-order valence-corrected chi connectivity index (χ4v) is 3.10. The molecule has 19 heavy (non-hydrogen) atoms. The van der Waals surface area contributed by atoms with E-state index in [2.05, 4.69) is 53.4 Å². The van der Waals surface area contributed by atoms with Gasteiger partial charge in [0.25, 0.3) is 0 Å². The molecule has 0 spiro atoms. The van der Waals surface area contributed by atoms with Gasteiger partial charge in [0.05, 0.1) is 0 Å². The summed E-state index contributed by atoms with van der Waals surface area (Å²) in [6.07, 6.45) is 3.28. The Bertz CT molecular complexity index is 558. The van der Waals surface area contributed by atoms with Crippen molar-refractivity contribution in [3.63, 3.8) is 0 Å². The first-order valence-electron chi connectivity index (χ1n) is 7.31. The predicted octanol–water partition coefficient (Wildman–Crippen LogP) is 2.52. The van der Waals surface area contributed by atoms with E-state index in [4.69, 9.17) is 0 Å². The van der Waals surface area contributed by atoms with Crippen molar-refractivity contribution in [3.8, 4) is 0 Å². The zero-order valence-corrected chi connectivity index (χ0v) is 11.9. The van der Waals surface area contributed by atoms with Crippen LogP contribution in [0.15, 0.2) is 24.4 Å². The van der Waals surface area contributed by atoms with E-state index in [1.807, 2.05) is 0 Å². The minimum absolute atomic E-state index is 0.602. The third kappa shape index (κ3) is 2.53. The van der Waals surface area contributed by atoms with Gasteiger partial charge in [0.15, 0.2) is 0 Å². The molecule has 0 saturated carbocycles. The van der Waals surface area contributed by atoms with E-state index in [0.29, 0.717) is 6.04 Å². The third-order valence-corrected chi connectivity index (χ3v) is 4.12. The summed E-state index contributed by atoms with van der Waals surface area (Å²) in [7, 11) is 0. The second-order valence-electron chi connectivity index (χ2n) is 5.60. The van der Waals surface area contributed by atoms with Crippen LogP contribution in [0.2, 0.25) is 0 Å². The molecule has 1 fully saturated rings. The molecule has 1 saturated heterocycles. The monoisotopic (exact) mass is 257 g/mol. The van der Waals surface area contributed by atoms with E-state index in [0.717, 1.165) is 32.6 Å². The number of aromatic nitrogens is 1. The van der Waals surface area contributed by atoms with Crippen molar-refractivity contribution in [3.05, 3.63) is 35.5 Å². The lowest BCUT2D eigenvalue weighted by Gasteiger charge is -2.31. The first-order chi connectivity index (χ1) is 9.28. The quantitative estimate of drug-likeness (QED) is 0.885. The maximum Gasteiger partial charge on any atom is 0.0489 e. The highest BCUT2D eigenvalue weighted by Crippen LogP contribution is 2.23. The second-order valence-corrected chi connectivity index (χ2v) is 5.60. The number of hydrogen-bond acceptors (Lipinski definition) is 2. The molecule has 0 amide bonds. The van der Waals surface area contributed by atoms with Crippen molar-refractivity contribution in [2.24, 2.45) is 0 Å². The number of H-pyrrole nitrogens is 1. The van der Waals surface area contributed by atoms with Gasteiger partial charge in [-0.3, -0.25) is 4.90 Å². The lowest BCUT2D eigenvalue weighted by atomic mass is 10.1. The molecule has 1 aromatic carbocycles. The molecule has 1 aliphatic heterocycles. The van der Waals surface area contributed by atoms with Gasteiger partial charge >= 0.3 is 0 Å². The summed E-state index contributed by atoms with van der Waals surface area (Å²) in [6.45, 7) is 8.91. The maximum absolute atomic E-state index is 3.50. The van der Waals surface area contributed by atoms with Crippen LogP contribution in [0.5, 0.6) is 0 Å². The second kappa shape index (κ2) is 5.35. The van der Waals surface area contributed by atoms with Crippen LogP contribution in [-0.4, -0.2) is 35.6 Å². The van der Waals surface area contributed by atoms with Crippen LogP contribution in [0.25, 0.3) is 10.9 Å². The molecule has 1 aromatic heterocycles.